The van der Waals surface area contributed by atoms with Crippen molar-refractivity contribution in [3.63, 3.8) is 0 Å². The minimum atomic E-state index is -0.956. The Hall–Kier alpha value is -2.08. The van der Waals surface area contributed by atoms with Crippen LogP contribution in [0.25, 0.3) is 0 Å². The van der Waals surface area contributed by atoms with Gasteiger partial charge in [0.2, 0.25) is 5.91 Å². The molecule has 1 aliphatic rings. The van der Waals surface area contributed by atoms with Crippen molar-refractivity contribution in [3.8, 4) is 0 Å². The third kappa shape index (κ3) is 3.72. The molecule has 2 N–H and O–H groups in total. The average molecular weight is 292 g/mol. The van der Waals surface area contributed by atoms with E-state index in [1.807, 2.05) is 17.9 Å². The van der Waals surface area contributed by atoms with Gasteiger partial charge in [-0.3, -0.25) is 4.79 Å². The second-order valence-corrected chi connectivity index (χ2v) is 5.24. The van der Waals surface area contributed by atoms with E-state index in [9.17, 15) is 9.59 Å². The Morgan fingerprint density at radius 1 is 1.48 bits per heavy atom. The molecule has 0 fully saturated rings. The van der Waals surface area contributed by atoms with Crippen molar-refractivity contribution in [1.82, 2.24) is 5.32 Å². The highest BCUT2D eigenvalue weighted by Crippen LogP contribution is 2.28. The Morgan fingerprint density at radius 3 is 2.90 bits per heavy atom. The Kier molecular flexibility index (Phi) is 4.80. The molecule has 0 bridgehead atoms. The highest BCUT2D eigenvalue weighted by atomic mass is 16.5. The largest absolute Gasteiger partial charge is 0.478 e. The summed E-state index contributed by atoms with van der Waals surface area (Å²) in [7, 11) is 1.59. The number of nitrogens with zero attached hydrogens (tertiary/aromatic N) is 1. The lowest BCUT2D eigenvalue weighted by atomic mass is 10.1. The van der Waals surface area contributed by atoms with E-state index >= 15 is 0 Å². The fourth-order valence-corrected chi connectivity index (χ4v) is 2.53. The van der Waals surface area contributed by atoms with Crippen molar-refractivity contribution >= 4 is 17.6 Å². The zero-order valence-corrected chi connectivity index (χ0v) is 12.3. The summed E-state index contributed by atoms with van der Waals surface area (Å²) in [6.45, 7) is 3.29. The molecule has 0 radical (unpaired) electrons. The highest BCUT2D eigenvalue weighted by Gasteiger charge is 2.22. The number of hydrogen-bond donors (Lipinski definition) is 2. The number of methoxy groups -OCH3 is 1. The van der Waals surface area contributed by atoms with Gasteiger partial charge in [-0.2, -0.15) is 0 Å². The number of fused-ring (bicyclic) bond motifs is 1. The van der Waals surface area contributed by atoms with E-state index in [0.717, 1.165) is 24.2 Å². The normalized spacial score (nSPS) is 14.7. The van der Waals surface area contributed by atoms with Gasteiger partial charge in [0.1, 0.15) is 0 Å². The molecule has 6 nitrogen and oxygen atoms in total. The number of carboxylic acids is 1. The van der Waals surface area contributed by atoms with E-state index in [1.54, 1.807) is 19.2 Å². The summed E-state index contributed by atoms with van der Waals surface area (Å²) in [6, 6.07) is 5.02. The molecule has 1 amide bonds. The van der Waals surface area contributed by atoms with Crippen LogP contribution in [0.5, 0.6) is 0 Å². The van der Waals surface area contributed by atoms with Gasteiger partial charge in [-0.05, 0) is 31.0 Å². The van der Waals surface area contributed by atoms with Crippen LogP contribution in [-0.2, 0) is 16.0 Å². The Balaban J connectivity index is 2.03. The van der Waals surface area contributed by atoms with E-state index in [2.05, 4.69) is 5.32 Å². The lowest BCUT2D eigenvalue weighted by molar-refractivity contribution is -0.120. The van der Waals surface area contributed by atoms with Crippen LogP contribution < -0.4 is 10.2 Å². The SMILES string of the molecule is COCC(C)NC(=O)CN1CCc2ccc(C(=O)O)cc21. The van der Waals surface area contributed by atoms with Crippen LogP contribution in [0.15, 0.2) is 18.2 Å². The maximum atomic E-state index is 12.0. The van der Waals surface area contributed by atoms with Gasteiger partial charge in [0, 0.05) is 25.4 Å². The van der Waals surface area contributed by atoms with E-state index in [4.69, 9.17) is 9.84 Å². The van der Waals surface area contributed by atoms with Gasteiger partial charge in [0.15, 0.2) is 0 Å². The van der Waals surface area contributed by atoms with Crippen LogP contribution in [0.3, 0.4) is 0 Å². The maximum Gasteiger partial charge on any atom is 0.335 e. The third-order valence-corrected chi connectivity index (χ3v) is 3.48. The fourth-order valence-electron chi connectivity index (χ4n) is 2.53. The van der Waals surface area contributed by atoms with Gasteiger partial charge in [-0.1, -0.05) is 6.07 Å². The summed E-state index contributed by atoms with van der Waals surface area (Å²) in [4.78, 5) is 24.9. The first-order chi connectivity index (χ1) is 10.0. The number of rotatable bonds is 6. The summed E-state index contributed by atoms with van der Waals surface area (Å²) in [6.07, 6.45) is 0.830. The Labute approximate surface area is 123 Å². The number of ether oxygens (including phenoxy) is 1. The van der Waals surface area contributed by atoms with E-state index in [-0.39, 0.29) is 24.1 Å². The van der Waals surface area contributed by atoms with E-state index < -0.39 is 5.97 Å². The second-order valence-electron chi connectivity index (χ2n) is 5.24. The molecule has 1 aliphatic heterocycles. The monoisotopic (exact) mass is 292 g/mol. The number of aromatic carboxylic acids is 1. The van der Waals surface area contributed by atoms with Gasteiger partial charge in [-0.15, -0.1) is 0 Å². The lowest BCUT2D eigenvalue weighted by Gasteiger charge is -2.21. The lowest BCUT2D eigenvalue weighted by Crippen LogP contribution is -2.42. The maximum absolute atomic E-state index is 12.0. The minimum Gasteiger partial charge on any atom is -0.478 e. The minimum absolute atomic E-state index is 0.0464. The molecule has 0 spiro atoms. The van der Waals surface area contributed by atoms with Crippen LogP contribution in [0.1, 0.15) is 22.8 Å². The third-order valence-electron chi connectivity index (χ3n) is 3.48. The van der Waals surface area contributed by atoms with Crippen LogP contribution in [0.2, 0.25) is 0 Å². The predicted octanol–water partition coefficient (Wildman–Crippen LogP) is 0.898. The van der Waals surface area contributed by atoms with Crippen LogP contribution in [0.4, 0.5) is 5.69 Å². The number of carbonyl (C=O) groups is 2. The van der Waals surface area contributed by atoms with Crippen molar-refractivity contribution in [3.05, 3.63) is 29.3 Å². The van der Waals surface area contributed by atoms with Crippen molar-refractivity contribution in [1.29, 1.82) is 0 Å². The Morgan fingerprint density at radius 2 is 2.24 bits per heavy atom. The van der Waals surface area contributed by atoms with Crippen LogP contribution in [-0.4, -0.2) is 49.8 Å². The molecule has 1 heterocycles. The topological polar surface area (TPSA) is 78.9 Å². The molecule has 0 saturated carbocycles. The number of carboxylic acid groups (broad SMARTS) is 1. The number of hydrogen-bond acceptors (Lipinski definition) is 4. The number of anilines is 1. The quantitative estimate of drug-likeness (QED) is 0.814. The average Bonchev–Trinajstić information content (AvgIpc) is 2.81. The van der Waals surface area contributed by atoms with Crippen LogP contribution in [0, 0.1) is 0 Å². The number of amides is 1. The second kappa shape index (κ2) is 6.58. The van der Waals surface area contributed by atoms with E-state index in [0.29, 0.717) is 6.61 Å². The van der Waals surface area contributed by atoms with Crippen molar-refractivity contribution in [2.75, 3.05) is 31.7 Å². The predicted molar refractivity (Wildman–Crippen MR) is 78.8 cm³/mol. The fraction of sp³-hybridized carbons (Fsp3) is 0.467. The molecule has 0 aliphatic carbocycles. The zero-order valence-electron chi connectivity index (χ0n) is 12.3. The highest BCUT2D eigenvalue weighted by molar-refractivity contribution is 5.90. The molecule has 1 atom stereocenters. The smallest absolute Gasteiger partial charge is 0.335 e. The summed E-state index contributed by atoms with van der Waals surface area (Å²) in [5, 5.41) is 11.9. The first-order valence-electron chi connectivity index (χ1n) is 6.90. The van der Waals surface area contributed by atoms with Crippen molar-refractivity contribution in [2.24, 2.45) is 0 Å². The number of benzene rings is 1. The molecule has 2 rings (SSSR count). The van der Waals surface area contributed by atoms with E-state index in [1.165, 1.54) is 0 Å². The summed E-state index contributed by atoms with van der Waals surface area (Å²) in [5.41, 5.74) is 2.16. The van der Waals surface area contributed by atoms with Gasteiger partial charge < -0.3 is 20.1 Å². The van der Waals surface area contributed by atoms with Gasteiger partial charge in [0.25, 0.3) is 0 Å². The summed E-state index contributed by atoms with van der Waals surface area (Å²) in [5.74, 6) is -1.05. The molecular weight excluding hydrogens is 272 g/mol. The standard InChI is InChI=1S/C15H20N2O4/c1-10(9-21-2)16-14(18)8-17-6-5-11-3-4-12(15(19)20)7-13(11)17/h3-4,7,10H,5-6,8-9H2,1-2H3,(H,16,18)(H,19,20). The molecule has 1 unspecified atom stereocenters. The Bertz CT molecular complexity index is 544. The summed E-state index contributed by atoms with van der Waals surface area (Å²) < 4.78 is 4.98. The first kappa shape index (κ1) is 15.3. The zero-order chi connectivity index (χ0) is 15.4. The molecule has 0 aromatic heterocycles. The molecule has 1 aromatic carbocycles. The van der Waals surface area contributed by atoms with Gasteiger partial charge in [0.05, 0.1) is 18.7 Å². The molecule has 0 saturated heterocycles. The van der Waals surface area contributed by atoms with Gasteiger partial charge >= 0.3 is 5.97 Å². The molecule has 6 heteroatoms. The van der Waals surface area contributed by atoms with Crippen molar-refractivity contribution < 1.29 is 19.4 Å². The summed E-state index contributed by atoms with van der Waals surface area (Å²) >= 11 is 0. The number of carbonyl (C=O) groups excluding carboxylic acids is 1. The molecular formula is C15H20N2O4. The van der Waals surface area contributed by atoms with Crippen molar-refractivity contribution in [2.45, 2.75) is 19.4 Å². The number of nitrogens with one attached hydrogen (secondary N) is 1. The molecule has 21 heavy (non-hydrogen) atoms. The van der Waals surface area contributed by atoms with Gasteiger partial charge in [-0.25, -0.2) is 4.79 Å². The molecule has 1 aromatic rings. The molecule has 114 valence electrons. The van der Waals surface area contributed by atoms with Crippen LogP contribution >= 0.6 is 0 Å². The first-order valence-corrected chi connectivity index (χ1v) is 6.90.